The maximum absolute atomic E-state index is 12.1. The Morgan fingerprint density at radius 3 is 2.39 bits per heavy atom. The average Bonchev–Trinajstić information content (AvgIpc) is 2.85. The SMILES string of the molecule is O=[N+]([O-])c1c(Nc2cccc3ccccc23)ncnc1N1CCN(Cc2ccccc2)CC1. The zero-order valence-electron chi connectivity index (χ0n) is 18.1. The molecule has 0 amide bonds. The number of fused-ring (bicyclic) bond motifs is 1. The summed E-state index contributed by atoms with van der Waals surface area (Å²) in [5.41, 5.74) is 1.94. The molecule has 2 heterocycles. The van der Waals surface area contributed by atoms with Crippen molar-refractivity contribution in [3.63, 3.8) is 0 Å². The van der Waals surface area contributed by atoms with Gasteiger partial charge in [0.05, 0.1) is 4.92 Å². The fraction of sp³-hybridized carbons (Fsp3) is 0.200. The lowest BCUT2D eigenvalue weighted by molar-refractivity contribution is -0.383. The monoisotopic (exact) mass is 440 g/mol. The van der Waals surface area contributed by atoms with E-state index >= 15 is 0 Å². The highest BCUT2D eigenvalue weighted by molar-refractivity contribution is 5.96. The second-order valence-corrected chi connectivity index (χ2v) is 8.05. The van der Waals surface area contributed by atoms with E-state index < -0.39 is 0 Å². The Morgan fingerprint density at radius 1 is 0.879 bits per heavy atom. The van der Waals surface area contributed by atoms with Crippen molar-refractivity contribution < 1.29 is 4.92 Å². The van der Waals surface area contributed by atoms with Crippen LogP contribution in [0.5, 0.6) is 0 Å². The average molecular weight is 441 g/mol. The number of hydrogen-bond donors (Lipinski definition) is 1. The number of hydrogen-bond acceptors (Lipinski definition) is 7. The second kappa shape index (κ2) is 9.22. The summed E-state index contributed by atoms with van der Waals surface area (Å²) in [5.74, 6) is 0.560. The molecule has 1 N–H and O–H groups in total. The van der Waals surface area contributed by atoms with Crippen LogP contribution in [-0.4, -0.2) is 46.0 Å². The molecule has 5 rings (SSSR count). The highest BCUT2D eigenvalue weighted by Gasteiger charge is 2.29. The fourth-order valence-corrected chi connectivity index (χ4v) is 4.28. The molecule has 0 bridgehead atoms. The van der Waals surface area contributed by atoms with Gasteiger partial charge in [-0.2, -0.15) is 0 Å². The van der Waals surface area contributed by atoms with Gasteiger partial charge in [-0.1, -0.05) is 66.7 Å². The Morgan fingerprint density at radius 2 is 1.61 bits per heavy atom. The highest BCUT2D eigenvalue weighted by atomic mass is 16.6. The van der Waals surface area contributed by atoms with Crippen LogP contribution in [0.15, 0.2) is 79.1 Å². The van der Waals surface area contributed by atoms with Gasteiger partial charge in [0, 0.05) is 43.8 Å². The number of nitrogens with one attached hydrogen (secondary N) is 1. The van der Waals surface area contributed by atoms with Crippen molar-refractivity contribution in [1.82, 2.24) is 14.9 Å². The highest BCUT2D eigenvalue weighted by Crippen LogP contribution is 2.35. The maximum Gasteiger partial charge on any atom is 0.353 e. The lowest BCUT2D eigenvalue weighted by Gasteiger charge is -2.35. The van der Waals surface area contributed by atoms with Crippen LogP contribution < -0.4 is 10.2 Å². The molecule has 0 aliphatic carbocycles. The van der Waals surface area contributed by atoms with Gasteiger partial charge in [-0.05, 0) is 17.0 Å². The van der Waals surface area contributed by atoms with Gasteiger partial charge in [0.1, 0.15) is 6.33 Å². The van der Waals surface area contributed by atoms with Crippen LogP contribution in [0.2, 0.25) is 0 Å². The van der Waals surface area contributed by atoms with Gasteiger partial charge >= 0.3 is 5.69 Å². The van der Waals surface area contributed by atoms with Gasteiger partial charge in [-0.25, -0.2) is 9.97 Å². The van der Waals surface area contributed by atoms with E-state index in [2.05, 4.69) is 32.3 Å². The smallest absolute Gasteiger partial charge is 0.348 e. The van der Waals surface area contributed by atoms with Gasteiger partial charge in [0.15, 0.2) is 0 Å². The summed E-state index contributed by atoms with van der Waals surface area (Å²) in [6.07, 6.45) is 1.39. The maximum atomic E-state index is 12.1. The molecule has 8 heteroatoms. The van der Waals surface area contributed by atoms with Crippen LogP contribution in [0.1, 0.15) is 5.56 Å². The van der Waals surface area contributed by atoms with Crippen molar-refractivity contribution in [2.24, 2.45) is 0 Å². The molecular formula is C25H24N6O2. The van der Waals surface area contributed by atoms with E-state index in [1.807, 2.05) is 65.6 Å². The van der Waals surface area contributed by atoms with Crippen LogP contribution in [-0.2, 0) is 6.54 Å². The molecular weight excluding hydrogens is 416 g/mol. The van der Waals surface area contributed by atoms with E-state index in [4.69, 9.17) is 0 Å². The number of aromatic nitrogens is 2. The summed E-state index contributed by atoms with van der Waals surface area (Å²) in [6.45, 7) is 3.81. The quantitative estimate of drug-likeness (QED) is 0.346. The van der Waals surface area contributed by atoms with Crippen LogP contribution in [0.25, 0.3) is 10.8 Å². The Kier molecular flexibility index (Phi) is 5.82. The first kappa shape index (κ1) is 20.8. The summed E-state index contributed by atoms with van der Waals surface area (Å²) in [6, 6.07) is 24.1. The van der Waals surface area contributed by atoms with Gasteiger partial charge in [0.25, 0.3) is 0 Å². The Hall–Kier alpha value is -4.04. The van der Waals surface area contributed by atoms with Crippen LogP contribution in [0, 0.1) is 10.1 Å². The summed E-state index contributed by atoms with van der Waals surface area (Å²) in [4.78, 5) is 24.6. The van der Waals surface area contributed by atoms with Crippen LogP contribution in [0.3, 0.4) is 0 Å². The third kappa shape index (κ3) is 4.47. The van der Waals surface area contributed by atoms with E-state index in [0.717, 1.165) is 36.1 Å². The minimum atomic E-state index is -0.390. The van der Waals surface area contributed by atoms with Crippen molar-refractivity contribution in [3.8, 4) is 0 Å². The summed E-state index contributed by atoms with van der Waals surface area (Å²) < 4.78 is 0. The normalized spacial score (nSPS) is 14.4. The molecule has 33 heavy (non-hydrogen) atoms. The molecule has 8 nitrogen and oxygen atoms in total. The minimum Gasteiger partial charge on any atom is -0.348 e. The van der Waals surface area contributed by atoms with Crippen LogP contribution >= 0.6 is 0 Å². The molecule has 1 aliphatic rings. The Labute approximate surface area is 191 Å². The van der Waals surface area contributed by atoms with Crippen molar-refractivity contribution in [3.05, 3.63) is 94.8 Å². The summed E-state index contributed by atoms with van der Waals surface area (Å²) >= 11 is 0. The molecule has 0 saturated carbocycles. The number of benzene rings is 3. The van der Waals surface area contributed by atoms with E-state index in [0.29, 0.717) is 18.9 Å². The fourth-order valence-electron chi connectivity index (χ4n) is 4.28. The molecule has 1 fully saturated rings. The molecule has 0 radical (unpaired) electrons. The molecule has 0 spiro atoms. The van der Waals surface area contributed by atoms with Gasteiger partial charge in [-0.15, -0.1) is 0 Å². The van der Waals surface area contributed by atoms with Crippen molar-refractivity contribution in [2.45, 2.75) is 6.54 Å². The number of anilines is 3. The Balaban J connectivity index is 1.38. The molecule has 4 aromatic rings. The molecule has 166 valence electrons. The molecule has 0 atom stereocenters. The van der Waals surface area contributed by atoms with Gasteiger partial charge < -0.3 is 10.2 Å². The summed E-state index contributed by atoms with van der Waals surface area (Å²) in [7, 11) is 0. The minimum absolute atomic E-state index is 0.0954. The molecule has 0 unspecified atom stereocenters. The van der Waals surface area contributed by atoms with E-state index in [-0.39, 0.29) is 16.4 Å². The molecule has 1 saturated heterocycles. The van der Waals surface area contributed by atoms with Gasteiger partial charge in [-0.3, -0.25) is 15.0 Å². The molecule has 1 aliphatic heterocycles. The third-order valence-corrected chi connectivity index (χ3v) is 5.95. The zero-order chi connectivity index (χ0) is 22.6. The Bertz CT molecular complexity index is 1270. The topological polar surface area (TPSA) is 87.4 Å². The third-order valence-electron chi connectivity index (χ3n) is 5.95. The zero-order valence-corrected chi connectivity index (χ0v) is 18.1. The largest absolute Gasteiger partial charge is 0.353 e. The van der Waals surface area contributed by atoms with Crippen molar-refractivity contribution in [2.75, 3.05) is 36.4 Å². The van der Waals surface area contributed by atoms with Gasteiger partial charge in [0.2, 0.25) is 11.6 Å². The van der Waals surface area contributed by atoms with Crippen LogP contribution in [0.4, 0.5) is 23.0 Å². The van der Waals surface area contributed by atoms with E-state index in [1.54, 1.807) is 0 Å². The first-order chi connectivity index (χ1) is 16.2. The van der Waals surface area contributed by atoms with E-state index in [9.17, 15) is 10.1 Å². The predicted octanol–water partition coefficient (Wildman–Crippen LogP) is 4.60. The second-order valence-electron chi connectivity index (χ2n) is 8.05. The number of nitro groups is 1. The molecule has 3 aromatic carbocycles. The lowest BCUT2D eigenvalue weighted by atomic mass is 10.1. The summed E-state index contributed by atoms with van der Waals surface area (Å²) in [5, 5.41) is 17.3. The molecule has 1 aromatic heterocycles. The first-order valence-corrected chi connectivity index (χ1v) is 10.9. The van der Waals surface area contributed by atoms with E-state index in [1.165, 1.54) is 11.9 Å². The number of nitrogens with zero attached hydrogens (tertiary/aromatic N) is 5. The standard InChI is InChI=1S/C25H24N6O2/c32-31(33)23-24(28-22-12-6-10-20-9-4-5-11-21(20)22)26-18-27-25(23)30-15-13-29(14-16-30)17-19-7-2-1-3-8-19/h1-12,18H,13-17H2,(H,26,27,28). The number of piperazine rings is 1. The van der Waals surface area contributed by atoms with Crippen molar-refractivity contribution >= 4 is 33.8 Å². The number of rotatable bonds is 6. The first-order valence-electron chi connectivity index (χ1n) is 10.9. The predicted molar refractivity (Wildman–Crippen MR) is 130 cm³/mol. The van der Waals surface area contributed by atoms with Crippen molar-refractivity contribution in [1.29, 1.82) is 0 Å². The lowest BCUT2D eigenvalue weighted by Crippen LogP contribution is -2.46.